The minimum atomic E-state index is -0.387. The molecule has 2 aromatic heterocycles. The normalized spacial score (nSPS) is 20.8. The highest BCUT2D eigenvalue weighted by Crippen LogP contribution is 2.39. The molecule has 1 saturated heterocycles. The Balaban J connectivity index is 1.90. The highest BCUT2D eigenvalue weighted by Gasteiger charge is 2.52. The van der Waals surface area contributed by atoms with Gasteiger partial charge in [0, 0.05) is 17.3 Å². The minimum Gasteiger partial charge on any atom is -0.400 e. The fraction of sp³-hybridized carbons (Fsp3) is 0.467. The van der Waals surface area contributed by atoms with Gasteiger partial charge >= 0.3 is 7.12 Å². The molecule has 1 aliphatic rings. The zero-order valence-electron chi connectivity index (χ0n) is 13.3. The van der Waals surface area contributed by atoms with Crippen molar-refractivity contribution in [1.29, 1.82) is 0 Å². The average Bonchev–Trinajstić information content (AvgIpc) is 2.98. The summed E-state index contributed by atoms with van der Waals surface area (Å²) in [5.74, 6) is 0.556. The van der Waals surface area contributed by atoms with E-state index in [9.17, 15) is 0 Å². The summed E-state index contributed by atoms with van der Waals surface area (Å²) in [7, 11) is -0.387. The second-order valence-corrected chi connectivity index (χ2v) is 6.86. The first-order valence-electron chi connectivity index (χ1n) is 7.28. The van der Waals surface area contributed by atoms with Gasteiger partial charge in [-0.3, -0.25) is 5.10 Å². The van der Waals surface area contributed by atoms with E-state index in [0.29, 0.717) is 5.75 Å². The summed E-state index contributed by atoms with van der Waals surface area (Å²) in [5.41, 5.74) is 2.03. The van der Waals surface area contributed by atoms with E-state index in [2.05, 4.69) is 27.8 Å². The van der Waals surface area contributed by atoms with Crippen molar-refractivity contribution in [3.63, 3.8) is 0 Å². The number of hydrogen-bond donors (Lipinski definition) is 2. The molecule has 1 fully saturated rings. The lowest BCUT2D eigenvalue weighted by molar-refractivity contribution is 0.00578. The number of nitrogens with one attached hydrogen (secondary N) is 1. The Morgan fingerprint density at radius 2 is 1.95 bits per heavy atom. The molecule has 0 atom stereocenters. The Hall–Kier alpha value is -1.31. The van der Waals surface area contributed by atoms with Gasteiger partial charge in [0.05, 0.1) is 17.4 Å². The first-order valence-corrected chi connectivity index (χ1v) is 7.92. The van der Waals surface area contributed by atoms with Crippen molar-refractivity contribution in [2.24, 2.45) is 0 Å². The van der Waals surface area contributed by atoms with Crippen LogP contribution in [0.3, 0.4) is 0 Å². The Labute approximate surface area is 136 Å². The summed E-state index contributed by atoms with van der Waals surface area (Å²) in [4.78, 5) is 4.34. The highest BCUT2D eigenvalue weighted by molar-refractivity contribution is 7.80. The van der Waals surface area contributed by atoms with Crippen LogP contribution in [0.1, 0.15) is 33.3 Å². The molecule has 116 valence electrons. The lowest BCUT2D eigenvalue weighted by Crippen LogP contribution is -2.41. The summed E-state index contributed by atoms with van der Waals surface area (Å²) >= 11 is 4.43. The van der Waals surface area contributed by atoms with Crippen molar-refractivity contribution in [2.45, 2.75) is 38.9 Å². The topological polar surface area (TPSA) is 60.0 Å². The molecule has 0 saturated carbocycles. The van der Waals surface area contributed by atoms with Crippen LogP contribution in [0.2, 0.25) is 0 Å². The number of rotatable bonds is 3. The minimum absolute atomic E-state index is 0.355. The fourth-order valence-corrected chi connectivity index (χ4v) is 2.57. The van der Waals surface area contributed by atoms with Gasteiger partial charge in [0.15, 0.2) is 5.65 Å². The van der Waals surface area contributed by atoms with E-state index < -0.39 is 0 Å². The molecule has 0 aliphatic carbocycles. The molecule has 0 spiro atoms. The molecule has 2 aromatic rings. The summed E-state index contributed by atoms with van der Waals surface area (Å²) < 4.78 is 12.2. The van der Waals surface area contributed by atoms with E-state index >= 15 is 0 Å². The average molecular weight is 317 g/mol. The molecule has 7 heteroatoms. The number of H-pyrrole nitrogens is 1. The predicted octanol–water partition coefficient (Wildman–Crippen LogP) is 2.90. The number of aromatic nitrogens is 3. The molecule has 22 heavy (non-hydrogen) atoms. The maximum atomic E-state index is 6.08. The Kier molecular flexibility index (Phi) is 3.83. The van der Waals surface area contributed by atoms with Crippen molar-refractivity contribution < 1.29 is 9.31 Å². The molecule has 1 N–H and O–H groups in total. The van der Waals surface area contributed by atoms with Crippen LogP contribution < -0.4 is 0 Å². The van der Waals surface area contributed by atoms with Gasteiger partial charge in [0.1, 0.15) is 0 Å². The Morgan fingerprint density at radius 1 is 1.27 bits per heavy atom. The molecule has 0 amide bonds. The second kappa shape index (κ2) is 5.40. The molecular formula is C15H20BN3O2S. The Bertz CT molecular complexity index is 710. The number of pyridine rings is 1. The van der Waals surface area contributed by atoms with Crippen LogP contribution in [0.4, 0.5) is 0 Å². The third-order valence-electron chi connectivity index (χ3n) is 4.40. The molecule has 3 rings (SSSR count). The fourth-order valence-electron chi connectivity index (χ4n) is 2.33. The van der Waals surface area contributed by atoms with E-state index in [0.717, 1.165) is 22.1 Å². The van der Waals surface area contributed by atoms with E-state index in [4.69, 9.17) is 9.31 Å². The van der Waals surface area contributed by atoms with Crippen molar-refractivity contribution in [3.8, 4) is 0 Å². The first-order chi connectivity index (χ1) is 10.3. The van der Waals surface area contributed by atoms with Gasteiger partial charge in [0.2, 0.25) is 0 Å². The second-order valence-electron chi connectivity index (χ2n) is 6.54. The molecule has 0 unspecified atom stereocenters. The van der Waals surface area contributed by atoms with Crippen LogP contribution in [-0.4, -0.2) is 39.3 Å². The maximum Gasteiger partial charge on any atom is 0.491 e. The summed E-state index contributed by atoms with van der Waals surface area (Å²) in [6, 6.07) is 2.03. The summed E-state index contributed by atoms with van der Waals surface area (Å²) in [5, 5.41) is 7.80. The van der Waals surface area contributed by atoms with E-state index in [1.807, 2.05) is 39.8 Å². The predicted molar refractivity (Wildman–Crippen MR) is 91.8 cm³/mol. The number of thiol groups is 1. The SMILES string of the molecule is CC1(C)OB(C(=Cc2cnc3[nH]ncc3c2)CS)OC1(C)C. The van der Waals surface area contributed by atoms with Crippen LogP contribution in [-0.2, 0) is 9.31 Å². The maximum absolute atomic E-state index is 6.08. The van der Waals surface area contributed by atoms with Crippen LogP contribution in [0.15, 0.2) is 23.9 Å². The molecule has 0 aromatic carbocycles. The van der Waals surface area contributed by atoms with Gasteiger partial charge < -0.3 is 9.31 Å². The van der Waals surface area contributed by atoms with Gasteiger partial charge in [-0.1, -0.05) is 6.08 Å². The number of aromatic amines is 1. The zero-order chi connectivity index (χ0) is 16.0. The number of fused-ring (bicyclic) bond motifs is 1. The van der Waals surface area contributed by atoms with Crippen LogP contribution >= 0.6 is 12.6 Å². The van der Waals surface area contributed by atoms with Crippen molar-refractivity contribution in [2.75, 3.05) is 5.75 Å². The lowest BCUT2D eigenvalue weighted by atomic mass is 9.78. The van der Waals surface area contributed by atoms with Crippen molar-refractivity contribution >= 4 is 36.9 Å². The van der Waals surface area contributed by atoms with Gasteiger partial charge in [-0.05, 0) is 44.8 Å². The standard InChI is InChI=1S/C15H20BN3O2S/c1-14(2)15(3,4)21-16(20-14)12(9-22)6-10-5-11-8-18-19-13(11)17-7-10/h5-8,22H,9H2,1-4H3,(H,17,18,19). The highest BCUT2D eigenvalue weighted by atomic mass is 32.1. The third-order valence-corrected chi connectivity index (χ3v) is 4.77. The Morgan fingerprint density at radius 3 is 2.59 bits per heavy atom. The molecule has 3 heterocycles. The summed E-state index contributed by atoms with van der Waals surface area (Å²) in [6.07, 6.45) is 5.58. The van der Waals surface area contributed by atoms with Crippen LogP contribution in [0.5, 0.6) is 0 Å². The summed E-state index contributed by atoms with van der Waals surface area (Å²) in [6.45, 7) is 8.18. The number of nitrogens with zero attached hydrogens (tertiary/aromatic N) is 2. The largest absolute Gasteiger partial charge is 0.491 e. The molecule has 0 bridgehead atoms. The van der Waals surface area contributed by atoms with E-state index in [1.165, 1.54) is 0 Å². The van der Waals surface area contributed by atoms with Gasteiger partial charge in [-0.15, -0.1) is 0 Å². The molecular weight excluding hydrogens is 297 g/mol. The van der Waals surface area contributed by atoms with E-state index in [1.54, 1.807) is 12.4 Å². The molecule has 5 nitrogen and oxygen atoms in total. The first kappa shape index (κ1) is 15.6. The molecule has 0 radical (unpaired) electrons. The van der Waals surface area contributed by atoms with Crippen LogP contribution in [0.25, 0.3) is 17.1 Å². The van der Waals surface area contributed by atoms with Crippen molar-refractivity contribution in [1.82, 2.24) is 15.2 Å². The zero-order valence-corrected chi connectivity index (χ0v) is 14.1. The number of hydrogen-bond acceptors (Lipinski definition) is 5. The van der Waals surface area contributed by atoms with Crippen LogP contribution in [0, 0.1) is 0 Å². The van der Waals surface area contributed by atoms with Gasteiger partial charge in [-0.2, -0.15) is 17.7 Å². The van der Waals surface area contributed by atoms with Crippen molar-refractivity contribution in [3.05, 3.63) is 29.5 Å². The third kappa shape index (κ3) is 2.68. The van der Waals surface area contributed by atoms with Gasteiger partial charge in [-0.25, -0.2) is 4.98 Å². The van der Waals surface area contributed by atoms with Gasteiger partial charge in [0.25, 0.3) is 0 Å². The van der Waals surface area contributed by atoms with E-state index in [-0.39, 0.29) is 18.3 Å². The monoisotopic (exact) mass is 317 g/mol. The smallest absolute Gasteiger partial charge is 0.400 e. The molecule has 1 aliphatic heterocycles. The lowest BCUT2D eigenvalue weighted by Gasteiger charge is -2.32. The quantitative estimate of drug-likeness (QED) is 0.675.